The molecule has 0 bridgehead atoms. The molecule has 1 aliphatic heterocycles. The third-order valence-corrected chi connectivity index (χ3v) is 2.61. The molecule has 0 aromatic heterocycles. The van der Waals surface area contributed by atoms with Crippen molar-refractivity contribution in [3.05, 3.63) is 0 Å². The maximum atomic E-state index is 9.83. The van der Waals surface area contributed by atoms with Gasteiger partial charge < -0.3 is 24.4 Å². The van der Waals surface area contributed by atoms with Crippen LogP contribution in [0.1, 0.15) is 13.8 Å². The van der Waals surface area contributed by atoms with Gasteiger partial charge in [0, 0.05) is 13.7 Å². The molecule has 0 saturated carbocycles. The third-order valence-electron chi connectivity index (χ3n) is 2.61. The fourth-order valence-corrected chi connectivity index (χ4v) is 1.85. The van der Waals surface area contributed by atoms with Crippen LogP contribution in [0.5, 0.6) is 0 Å². The Hall–Kier alpha value is -0.200. The maximum absolute atomic E-state index is 9.83. The van der Waals surface area contributed by atoms with Gasteiger partial charge >= 0.3 is 0 Å². The van der Waals surface area contributed by atoms with Crippen molar-refractivity contribution >= 4 is 0 Å². The zero-order valence-electron chi connectivity index (χ0n) is 9.42. The summed E-state index contributed by atoms with van der Waals surface area (Å²) in [5.74, 6) is 0. The first-order valence-corrected chi connectivity index (χ1v) is 5.24. The molecule has 0 radical (unpaired) electrons. The maximum Gasteiger partial charge on any atom is 0.112 e. The van der Waals surface area contributed by atoms with Crippen LogP contribution in [0.25, 0.3) is 0 Å². The molecule has 0 spiro atoms. The van der Waals surface area contributed by atoms with Crippen LogP contribution in [-0.2, 0) is 14.2 Å². The second-order valence-corrected chi connectivity index (χ2v) is 3.74. The molecule has 0 aromatic carbocycles. The fourth-order valence-electron chi connectivity index (χ4n) is 1.85. The van der Waals surface area contributed by atoms with Gasteiger partial charge in [0.25, 0.3) is 0 Å². The largest absolute Gasteiger partial charge is 0.388 e. The van der Waals surface area contributed by atoms with Crippen molar-refractivity contribution in [2.45, 2.75) is 44.4 Å². The summed E-state index contributed by atoms with van der Waals surface area (Å²) in [6.45, 7) is 4.41. The van der Waals surface area contributed by atoms with Gasteiger partial charge in [0.15, 0.2) is 0 Å². The second kappa shape index (κ2) is 5.77. The van der Waals surface area contributed by atoms with E-state index in [-0.39, 0.29) is 12.7 Å². The summed E-state index contributed by atoms with van der Waals surface area (Å²) in [4.78, 5) is 0. The van der Waals surface area contributed by atoms with Crippen LogP contribution < -0.4 is 0 Å². The van der Waals surface area contributed by atoms with Gasteiger partial charge in [-0.1, -0.05) is 0 Å². The van der Waals surface area contributed by atoms with Crippen molar-refractivity contribution in [2.75, 3.05) is 20.3 Å². The van der Waals surface area contributed by atoms with Gasteiger partial charge in [0.2, 0.25) is 0 Å². The molecule has 0 aromatic rings. The Balaban J connectivity index is 2.61. The molecule has 90 valence electrons. The summed E-state index contributed by atoms with van der Waals surface area (Å²) in [7, 11) is 1.53. The Labute approximate surface area is 89.9 Å². The quantitative estimate of drug-likeness (QED) is 0.671. The summed E-state index contributed by atoms with van der Waals surface area (Å²) in [5.41, 5.74) is 0. The van der Waals surface area contributed by atoms with Crippen LogP contribution in [0.15, 0.2) is 0 Å². The first kappa shape index (κ1) is 12.9. The lowest BCUT2D eigenvalue weighted by Crippen LogP contribution is -2.58. The highest BCUT2D eigenvalue weighted by Gasteiger charge is 2.42. The first-order valence-electron chi connectivity index (χ1n) is 5.24. The standard InChI is InChI=1S/C10H20O5/c1-4-14-10-6(2)15-7(5-13-3)8(11)9(10)12/h6-12H,4-5H2,1-3H3/t6?,7?,8-,9?,10-/m1/s1. The van der Waals surface area contributed by atoms with E-state index in [1.165, 1.54) is 7.11 Å². The molecule has 15 heavy (non-hydrogen) atoms. The average molecular weight is 220 g/mol. The molecule has 0 aliphatic carbocycles. The van der Waals surface area contributed by atoms with E-state index < -0.39 is 24.4 Å². The van der Waals surface area contributed by atoms with E-state index in [0.717, 1.165) is 0 Å². The summed E-state index contributed by atoms with van der Waals surface area (Å²) in [6, 6.07) is 0. The average Bonchev–Trinajstić information content (AvgIpc) is 2.21. The number of rotatable bonds is 4. The number of hydrogen-bond acceptors (Lipinski definition) is 5. The number of aliphatic hydroxyl groups excluding tert-OH is 2. The molecule has 5 heteroatoms. The van der Waals surface area contributed by atoms with Gasteiger partial charge in [0.05, 0.1) is 12.7 Å². The van der Waals surface area contributed by atoms with Crippen LogP contribution >= 0.6 is 0 Å². The Kier molecular flexibility index (Phi) is 4.95. The van der Waals surface area contributed by atoms with Gasteiger partial charge in [-0.05, 0) is 13.8 Å². The summed E-state index contributed by atoms with van der Waals surface area (Å²) in [5, 5.41) is 19.6. The highest BCUT2D eigenvalue weighted by Crippen LogP contribution is 2.23. The van der Waals surface area contributed by atoms with Crippen LogP contribution in [0.2, 0.25) is 0 Å². The molecule has 3 unspecified atom stereocenters. The van der Waals surface area contributed by atoms with Gasteiger partial charge in [-0.15, -0.1) is 0 Å². The molecule has 5 nitrogen and oxygen atoms in total. The lowest BCUT2D eigenvalue weighted by Gasteiger charge is -2.41. The van der Waals surface area contributed by atoms with Gasteiger partial charge in [-0.2, -0.15) is 0 Å². The fraction of sp³-hybridized carbons (Fsp3) is 1.00. The van der Waals surface area contributed by atoms with E-state index in [1.807, 2.05) is 13.8 Å². The Morgan fingerprint density at radius 1 is 1.27 bits per heavy atom. The molecule has 0 amide bonds. The van der Waals surface area contributed by atoms with Gasteiger partial charge in [0.1, 0.15) is 24.4 Å². The summed E-state index contributed by atoms with van der Waals surface area (Å²) in [6.07, 6.45) is -3.09. The minimum Gasteiger partial charge on any atom is -0.388 e. The van der Waals surface area contributed by atoms with Crippen molar-refractivity contribution in [1.82, 2.24) is 0 Å². The number of methoxy groups -OCH3 is 1. The van der Waals surface area contributed by atoms with Gasteiger partial charge in [-0.3, -0.25) is 0 Å². The molecule has 1 saturated heterocycles. The summed E-state index contributed by atoms with van der Waals surface area (Å²) < 4.78 is 15.7. The highest BCUT2D eigenvalue weighted by atomic mass is 16.6. The summed E-state index contributed by atoms with van der Waals surface area (Å²) >= 11 is 0. The number of aliphatic hydroxyl groups is 2. The van der Waals surface area contributed by atoms with Crippen molar-refractivity contribution < 1.29 is 24.4 Å². The van der Waals surface area contributed by atoms with Crippen molar-refractivity contribution in [1.29, 1.82) is 0 Å². The van der Waals surface area contributed by atoms with E-state index in [2.05, 4.69) is 0 Å². The minimum absolute atomic E-state index is 0.247. The van der Waals surface area contributed by atoms with Crippen molar-refractivity contribution in [2.24, 2.45) is 0 Å². The molecule has 1 heterocycles. The van der Waals surface area contributed by atoms with Crippen LogP contribution in [0, 0.1) is 0 Å². The highest BCUT2D eigenvalue weighted by molar-refractivity contribution is 4.91. The van der Waals surface area contributed by atoms with Crippen LogP contribution in [-0.4, -0.2) is 61.1 Å². The number of hydrogen-bond donors (Lipinski definition) is 2. The Bertz CT molecular complexity index is 187. The zero-order chi connectivity index (χ0) is 11.4. The molecule has 1 aliphatic rings. The predicted molar refractivity (Wildman–Crippen MR) is 53.6 cm³/mol. The monoisotopic (exact) mass is 220 g/mol. The topological polar surface area (TPSA) is 68.2 Å². The van der Waals surface area contributed by atoms with E-state index in [9.17, 15) is 10.2 Å². The number of ether oxygens (including phenoxy) is 3. The molecule has 1 rings (SSSR count). The van der Waals surface area contributed by atoms with E-state index in [4.69, 9.17) is 14.2 Å². The predicted octanol–water partition coefficient (Wildman–Crippen LogP) is -0.453. The second-order valence-electron chi connectivity index (χ2n) is 3.74. The van der Waals surface area contributed by atoms with E-state index in [0.29, 0.717) is 6.61 Å². The molecular weight excluding hydrogens is 200 g/mol. The smallest absolute Gasteiger partial charge is 0.112 e. The first-order chi connectivity index (χ1) is 7.11. The minimum atomic E-state index is -0.960. The van der Waals surface area contributed by atoms with E-state index in [1.54, 1.807) is 0 Å². The SMILES string of the molecule is CCO[C@@H]1C(C)OC(COC)[C@@H](O)C1O. The van der Waals surface area contributed by atoms with E-state index >= 15 is 0 Å². The Morgan fingerprint density at radius 3 is 2.47 bits per heavy atom. The van der Waals surface area contributed by atoms with Gasteiger partial charge in [-0.25, -0.2) is 0 Å². The lowest BCUT2D eigenvalue weighted by molar-refractivity contribution is -0.237. The molecule has 1 fully saturated rings. The Morgan fingerprint density at radius 2 is 1.93 bits per heavy atom. The third kappa shape index (κ3) is 2.89. The molecule has 2 N–H and O–H groups in total. The van der Waals surface area contributed by atoms with Crippen molar-refractivity contribution in [3.63, 3.8) is 0 Å². The molecular formula is C10H20O5. The van der Waals surface area contributed by atoms with Crippen molar-refractivity contribution in [3.8, 4) is 0 Å². The van der Waals surface area contributed by atoms with Crippen LogP contribution in [0.3, 0.4) is 0 Å². The van der Waals surface area contributed by atoms with Crippen LogP contribution in [0.4, 0.5) is 0 Å². The molecule has 5 atom stereocenters. The zero-order valence-corrected chi connectivity index (χ0v) is 9.42. The lowest BCUT2D eigenvalue weighted by atomic mass is 9.96. The normalized spacial score (nSPS) is 41.8.